The molecule has 1 heterocycles. The Morgan fingerprint density at radius 3 is 2.78 bits per heavy atom. The summed E-state index contributed by atoms with van der Waals surface area (Å²) in [6, 6.07) is 7.57. The molecular formula is C15H14ClN3O4. The number of rotatable bonds is 5. The predicted molar refractivity (Wildman–Crippen MR) is 85.8 cm³/mol. The summed E-state index contributed by atoms with van der Waals surface area (Å²) < 4.78 is 5.51. The fourth-order valence-corrected chi connectivity index (χ4v) is 2.04. The van der Waals surface area contributed by atoms with E-state index in [0.29, 0.717) is 17.0 Å². The molecule has 8 heteroatoms. The van der Waals surface area contributed by atoms with Crippen molar-refractivity contribution in [2.24, 2.45) is 0 Å². The molecular weight excluding hydrogens is 322 g/mol. The van der Waals surface area contributed by atoms with Crippen molar-refractivity contribution in [2.75, 3.05) is 5.32 Å². The number of nitrogens with one attached hydrogen (secondary N) is 1. The van der Waals surface area contributed by atoms with Crippen LogP contribution < -0.4 is 10.1 Å². The molecule has 120 valence electrons. The number of aryl methyl sites for hydroxylation is 1. The zero-order valence-electron chi connectivity index (χ0n) is 12.4. The number of benzene rings is 1. The van der Waals surface area contributed by atoms with Crippen LogP contribution in [-0.2, 0) is 4.79 Å². The molecule has 0 spiro atoms. The number of amides is 1. The number of nitro benzene ring substituents is 1. The van der Waals surface area contributed by atoms with E-state index in [1.165, 1.54) is 24.4 Å². The van der Waals surface area contributed by atoms with E-state index in [2.05, 4.69) is 10.3 Å². The fourth-order valence-electron chi connectivity index (χ4n) is 1.88. The fraction of sp³-hybridized carbons (Fsp3) is 0.200. The number of anilines is 1. The van der Waals surface area contributed by atoms with Crippen LogP contribution in [0.2, 0.25) is 5.15 Å². The molecule has 0 bridgehead atoms. The number of ether oxygens (including phenoxy) is 1. The molecule has 0 radical (unpaired) electrons. The first-order valence-corrected chi connectivity index (χ1v) is 7.09. The molecule has 23 heavy (non-hydrogen) atoms. The molecule has 0 aliphatic rings. The maximum atomic E-state index is 12.1. The van der Waals surface area contributed by atoms with Crippen LogP contribution >= 0.6 is 11.6 Å². The van der Waals surface area contributed by atoms with Crippen molar-refractivity contribution >= 4 is 28.9 Å². The van der Waals surface area contributed by atoms with Gasteiger partial charge in [0.1, 0.15) is 5.75 Å². The van der Waals surface area contributed by atoms with Crippen LogP contribution in [0.15, 0.2) is 36.5 Å². The molecule has 0 unspecified atom stereocenters. The minimum absolute atomic E-state index is 0.00315. The van der Waals surface area contributed by atoms with Gasteiger partial charge in [-0.05, 0) is 38.1 Å². The topological polar surface area (TPSA) is 94.4 Å². The standard InChI is InChI=1S/C15H14ClN3O4/c1-9-8-11(5-6-13(9)19(21)22)23-10(2)15(20)18-12-4-3-7-17-14(12)16/h3-8,10H,1-2H3,(H,18,20)/t10-/m0/s1. The maximum Gasteiger partial charge on any atom is 0.272 e. The van der Waals surface area contributed by atoms with Crippen molar-refractivity contribution in [2.45, 2.75) is 20.0 Å². The van der Waals surface area contributed by atoms with E-state index in [4.69, 9.17) is 16.3 Å². The number of carbonyl (C=O) groups excluding carboxylic acids is 1. The van der Waals surface area contributed by atoms with Gasteiger partial charge in [-0.2, -0.15) is 0 Å². The molecule has 1 aromatic carbocycles. The summed E-state index contributed by atoms with van der Waals surface area (Å²) in [5.41, 5.74) is 0.835. The molecule has 0 saturated heterocycles. The summed E-state index contributed by atoms with van der Waals surface area (Å²) in [4.78, 5) is 26.3. The monoisotopic (exact) mass is 335 g/mol. The van der Waals surface area contributed by atoms with Crippen molar-refractivity contribution in [1.29, 1.82) is 0 Å². The normalized spacial score (nSPS) is 11.6. The summed E-state index contributed by atoms with van der Waals surface area (Å²) in [7, 11) is 0. The van der Waals surface area contributed by atoms with Crippen molar-refractivity contribution < 1.29 is 14.5 Å². The lowest BCUT2D eigenvalue weighted by Gasteiger charge is -2.15. The number of aromatic nitrogens is 1. The van der Waals surface area contributed by atoms with E-state index in [9.17, 15) is 14.9 Å². The first-order chi connectivity index (χ1) is 10.9. The smallest absolute Gasteiger partial charge is 0.272 e. The molecule has 0 aliphatic carbocycles. The van der Waals surface area contributed by atoms with Gasteiger partial charge in [0.15, 0.2) is 11.3 Å². The lowest BCUT2D eigenvalue weighted by Crippen LogP contribution is -2.30. The van der Waals surface area contributed by atoms with Crippen molar-refractivity contribution in [3.63, 3.8) is 0 Å². The maximum absolute atomic E-state index is 12.1. The largest absolute Gasteiger partial charge is 0.481 e. The van der Waals surface area contributed by atoms with Crippen LogP contribution in [0.3, 0.4) is 0 Å². The Hall–Kier alpha value is -2.67. The van der Waals surface area contributed by atoms with Crippen molar-refractivity contribution in [3.8, 4) is 5.75 Å². The summed E-state index contributed by atoms with van der Waals surface area (Å²) in [5, 5.41) is 13.6. The summed E-state index contributed by atoms with van der Waals surface area (Å²) in [5.74, 6) is -0.0380. The van der Waals surface area contributed by atoms with Gasteiger partial charge in [-0.1, -0.05) is 11.6 Å². The van der Waals surface area contributed by atoms with E-state index < -0.39 is 16.9 Å². The van der Waals surface area contributed by atoms with Gasteiger partial charge in [0.25, 0.3) is 11.6 Å². The highest BCUT2D eigenvalue weighted by Crippen LogP contribution is 2.24. The van der Waals surface area contributed by atoms with Crippen LogP contribution in [0.4, 0.5) is 11.4 Å². The SMILES string of the molecule is Cc1cc(O[C@@H](C)C(=O)Nc2cccnc2Cl)ccc1[N+](=O)[O-]. The minimum Gasteiger partial charge on any atom is -0.481 e. The summed E-state index contributed by atoms with van der Waals surface area (Å²) >= 11 is 5.87. The van der Waals surface area contributed by atoms with Gasteiger partial charge in [-0.15, -0.1) is 0 Å². The Morgan fingerprint density at radius 1 is 1.43 bits per heavy atom. The first kappa shape index (κ1) is 16.7. The zero-order valence-corrected chi connectivity index (χ0v) is 13.2. The number of nitrogens with zero attached hydrogens (tertiary/aromatic N) is 2. The number of pyridine rings is 1. The molecule has 7 nitrogen and oxygen atoms in total. The second-order valence-electron chi connectivity index (χ2n) is 4.80. The lowest BCUT2D eigenvalue weighted by molar-refractivity contribution is -0.385. The van der Waals surface area contributed by atoms with E-state index >= 15 is 0 Å². The molecule has 1 aromatic heterocycles. The molecule has 1 atom stereocenters. The number of halogens is 1. The third-order valence-electron chi connectivity index (χ3n) is 3.06. The minimum atomic E-state index is -0.813. The average Bonchev–Trinajstić information content (AvgIpc) is 2.49. The van der Waals surface area contributed by atoms with Gasteiger partial charge in [0.05, 0.1) is 10.6 Å². The van der Waals surface area contributed by atoms with E-state index in [1.807, 2.05) is 0 Å². The van der Waals surface area contributed by atoms with E-state index in [1.54, 1.807) is 26.0 Å². The first-order valence-electron chi connectivity index (χ1n) is 6.71. The van der Waals surface area contributed by atoms with E-state index in [0.717, 1.165) is 0 Å². The average molecular weight is 336 g/mol. The van der Waals surface area contributed by atoms with Crippen LogP contribution in [0.1, 0.15) is 12.5 Å². The molecule has 0 fully saturated rings. The predicted octanol–water partition coefficient (Wildman–Crippen LogP) is 3.36. The number of hydrogen-bond donors (Lipinski definition) is 1. The number of hydrogen-bond acceptors (Lipinski definition) is 5. The van der Waals surface area contributed by atoms with E-state index in [-0.39, 0.29) is 10.8 Å². The van der Waals surface area contributed by atoms with Gasteiger partial charge >= 0.3 is 0 Å². The third-order valence-corrected chi connectivity index (χ3v) is 3.37. The highest BCUT2D eigenvalue weighted by Gasteiger charge is 2.18. The summed E-state index contributed by atoms with van der Waals surface area (Å²) in [6.45, 7) is 3.17. The van der Waals surface area contributed by atoms with Crippen molar-refractivity contribution in [1.82, 2.24) is 4.98 Å². The van der Waals surface area contributed by atoms with Crippen LogP contribution in [0, 0.1) is 17.0 Å². The molecule has 2 rings (SSSR count). The number of carbonyl (C=O) groups is 1. The Kier molecular flexibility index (Phi) is 5.13. The van der Waals surface area contributed by atoms with Gasteiger partial charge in [-0.25, -0.2) is 4.98 Å². The molecule has 0 saturated carbocycles. The summed E-state index contributed by atoms with van der Waals surface area (Å²) in [6.07, 6.45) is 0.699. The second kappa shape index (κ2) is 7.06. The highest BCUT2D eigenvalue weighted by molar-refractivity contribution is 6.32. The Bertz CT molecular complexity index is 751. The lowest BCUT2D eigenvalue weighted by atomic mass is 10.2. The molecule has 2 aromatic rings. The van der Waals surface area contributed by atoms with Crippen molar-refractivity contribution in [3.05, 3.63) is 57.4 Å². The van der Waals surface area contributed by atoms with Gasteiger partial charge in [0, 0.05) is 17.8 Å². The third kappa shape index (κ3) is 4.17. The Balaban J connectivity index is 2.05. The molecule has 0 aliphatic heterocycles. The quantitative estimate of drug-likeness (QED) is 0.513. The van der Waals surface area contributed by atoms with Crippen LogP contribution in [0.5, 0.6) is 5.75 Å². The molecule has 1 amide bonds. The van der Waals surface area contributed by atoms with Gasteiger partial charge in [0.2, 0.25) is 0 Å². The Morgan fingerprint density at radius 2 is 2.17 bits per heavy atom. The zero-order chi connectivity index (χ0) is 17.0. The van der Waals surface area contributed by atoms with Crippen LogP contribution in [-0.4, -0.2) is 21.9 Å². The second-order valence-corrected chi connectivity index (χ2v) is 5.15. The van der Waals surface area contributed by atoms with Gasteiger partial charge < -0.3 is 10.1 Å². The van der Waals surface area contributed by atoms with Gasteiger partial charge in [-0.3, -0.25) is 14.9 Å². The Labute approximate surface area is 137 Å². The number of nitro groups is 1. The van der Waals surface area contributed by atoms with Crippen LogP contribution in [0.25, 0.3) is 0 Å². The molecule has 1 N–H and O–H groups in total. The highest BCUT2D eigenvalue weighted by atomic mass is 35.5.